The summed E-state index contributed by atoms with van der Waals surface area (Å²) in [5, 5.41) is 9.09. The van der Waals surface area contributed by atoms with E-state index in [1.165, 1.54) is 18.4 Å². The van der Waals surface area contributed by atoms with Gasteiger partial charge >= 0.3 is 0 Å². The smallest absolute Gasteiger partial charge is 0.185 e. The first-order valence-electron chi connectivity index (χ1n) is 4.80. The second-order valence-electron chi connectivity index (χ2n) is 3.29. The summed E-state index contributed by atoms with van der Waals surface area (Å²) in [7, 11) is 0. The average molecular weight is 214 g/mol. The Morgan fingerprint density at radius 1 is 1.06 bits per heavy atom. The van der Waals surface area contributed by atoms with Crippen molar-refractivity contribution in [1.82, 2.24) is 0 Å². The van der Waals surface area contributed by atoms with Crippen molar-refractivity contribution < 1.29 is 9.52 Å². The molecule has 0 bridgehead atoms. The van der Waals surface area contributed by atoms with E-state index >= 15 is 0 Å². The van der Waals surface area contributed by atoms with Gasteiger partial charge in [-0.3, -0.25) is 4.79 Å². The maximum Gasteiger partial charge on any atom is 0.185 e. The van der Waals surface area contributed by atoms with E-state index in [1.807, 2.05) is 0 Å². The summed E-state index contributed by atoms with van der Waals surface area (Å²) in [5.41, 5.74) is 0.834. The van der Waals surface area contributed by atoms with E-state index in [0.29, 0.717) is 5.76 Å². The van der Waals surface area contributed by atoms with Crippen molar-refractivity contribution in [3.05, 3.63) is 64.2 Å². The second kappa shape index (κ2) is 4.49. The summed E-state index contributed by atoms with van der Waals surface area (Å²) in [6.45, 7) is 0. The van der Waals surface area contributed by atoms with E-state index in [-0.39, 0.29) is 11.2 Å². The molecule has 0 atom stereocenters. The van der Waals surface area contributed by atoms with Crippen LogP contribution in [0.4, 0.5) is 0 Å². The molecule has 1 heterocycles. The molecular formula is C13H10O3. The van der Waals surface area contributed by atoms with E-state index in [0.717, 1.165) is 5.56 Å². The predicted molar refractivity (Wildman–Crippen MR) is 62.0 cm³/mol. The Balaban J connectivity index is 2.21. The van der Waals surface area contributed by atoms with Crippen molar-refractivity contribution in [2.24, 2.45) is 0 Å². The highest BCUT2D eigenvalue weighted by atomic mass is 16.3. The third-order valence-corrected chi connectivity index (χ3v) is 2.05. The average Bonchev–Trinajstić information content (AvgIpc) is 2.28. The van der Waals surface area contributed by atoms with Crippen LogP contribution in [0.15, 0.2) is 51.9 Å². The monoisotopic (exact) mass is 214 g/mol. The third kappa shape index (κ3) is 2.60. The van der Waals surface area contributed by atoms with Crippen molar-refractivity contribution in [3.63, 3.8) is 0 Å². The van der Waals surface area contributed by atoms with Gasteiger partial charge in [0.25, 0.3) is 0 Å². The topological polar surface area (TPSA) is 50.4 Å². The maximum atomic E-state index is 11.0. The molecule has 2 rings (SSSR count). The molecule has 0 aliphatic heterocycles. The number of hydrogen-bond acceptors (Lipinski definition) is 3. The summed E-state index contributed by atoms with van der Waals surface area (Å²) in [5.74, 6) is 0.726. The predicted octanol–water partition coefficient (Wildman–Crippen LogP) is 2.52. The molecule has 2 aromatic rings. The molecule has 16 heavy (non-hydrogen) atoms. The van der Waals surface area contributed by atoms with Gasteiger partial charge in [-0.2, -0.15) is 0 Å². The third-order valence-electron chi connectivity index (χ3n) is 2.05. The molecule has 3 nitrogen and oxygen atoms in total. The first-order chi connectivity index (χ1) is 7.74. The van der Waals surface area contributed by atoms with Gasteiger partial charge in [0, 0.05) is 12.1 Å². The molecule has 0 radical (unpaired) electrons. The highest BCUT2D eigenvalue weighted by molar-refractivity contribution is 5.67. The fourth-order valence-electron chi connectivity index (χ4n) is 1.25. The number of benzene rings is 1. The molecule has 0 amide bonds. The van der Waals surface area contributed by atoms with Crippen LogP contribution in [-0.2, 0) is 0 Å². The SMILES string of the molecule is O=c1ccoc(C=Cc2ccc(O)cc2)c1. The molecule has 80 valence electrons. The van der Waals surface area contributed by atoms with Crippen LogP contribution in [0.2, 0.25) is 0 Å². The van der Waals surface area contributed by atoms with Gasteiger partial charge in [-0.1, -0.05) is 18.2 Å². The fourth-order valence-corrected chi connectivity index (χ4v) is 1.25. The van der Waals surface area contributed by atoms with Gasteiger partial charge in [0.1, 0.15) is 11.5 Å². The van der Waals surface area contributed by atoms with Crippen molar-refractivity contribution in [1.29, 1.82) is 0 Å². The standard InChI is InChI=1S/C13H10O3/c14-11-4-1-10(2-5-11)3-6-13-9-12(15)7-8-16-13/h1-9,14H. The molecule has 0 aliphatic carbocycles. The number of hydrogen-bond donors (Lipinski definition) is 1. The van der Waals surface area contributed by atoms with Crippen LogP contribution >= 0.6 is 0 Å². The second-order valence-corrected chi connectivity index (χ2v) is 3.29. The lowest BCUT2D eigenvalue weighted by molar-refractivity contribution is 0.475. The largest absolute Gasteiger partial charge is 0.508 e. The number of aromatic hydroxyl groups is 1. The summed E-state index contributed by atoms with van der Waals surface area (Å²) < 4.78 is 5.12. The zero-order valence-electron chi connectivity index (χ0n) is 8.46. The van der Waals surface area contributed by atoms with E-state index in [4.69, 9.17) is 9.52 Å². The van der Waals surface area contributed by atoms with E-state index in [9.17, 15) is 4.79 Å². The minimum Gasteiger partial charge on any atom is -0.508 e. The van der Waals surface area contributed by atoms with Crippen molar-refractivity contribution in [2.45, 2.75) is 0 Å². The zero-order chi connectivity index (χ0) is 11.4. The van der Waals surface area contributed by atoms with Crippen LogP contribution in [0, 0.1) is 0 Å². The Hall–Kier alpha value is -2.29. The van der Waals surface area contributed by atoms with Crippen LogP contribution in [0.1, 0.15) is 11.3 Å². The lowest BCUT2D eigenvalue weighted by Gasteiger charge is -1.94. The van der Waals surface area contributed by atoms with E-state index < -0.39 is 0 Å². The Labute approximate surface area is 92.3 Å². The van der Waals surface area contributed by atoms with Crippen LogP contribution in [0.5, 0.6) is 5.75 Å². The minimum absolute atomic E-state index is 0.0865. The van der Waals surface area contributed by atoms with Gasteiger partial charge in [-0.15, -0.1) is 0 Å². The first kappa shape index (κ1) is 10.2. The number of phenolic OH excluding ortho intramolecular Hbond substituents is 1. The molecule has 0 saturated carbocycles. The van der Waals surface area contributed by atoms with Crippen molar-refractivity contribution >= 4 is 12.2 Å². The molecular weight excluding hydrogens is 204 g/mol. The van der Waals surface area contributed by atoms with Crippen LogP contribution in [0.3, 0.4) is 0 Å². The quantitative estimate of drug-likeness (QED) is 0.835. The highest BCUT2D eigenvalue weighted by Gasteiger charge is 1.91. The summed E-state index contributed by atoms with van der Waals surface area (Å²) in [6, 6.07) is 9.51. The molecule has 1 aromatic carbocycles. The molecule has 1 aromatic heterocycles. The van der Waals surface area contributed by atoms with Gasteiger partial charge < -0.3 is 9.52 Å². The maximum absolute atomic E-state index is 11.0. The number of phenols is 1. The number of rotatable bonds is 2. The van der Waals surface area contributed by atoms with Gasteiger partial charge in [-0.25, -0.2) is 0 Å². The Morgan fingerprint density at radius 2 is 1.81 bits per heavy atom. The van der Waals surface area contributed by atoms with Crippen molar-refractivity contribution in [2.75, 3.05) is 0 Å². The van der Waals surface area contributed by atoms with Crippen LogP contribution in [-0.4, -0.2) is 5.11 Å². The Bertz CT molecular complexity index is 550. The lowest BCUT2D eigenvalue weighted by Crippen LogP contribution is -1.94. The molecule has 1 N–H and O–H groups in total. The minimum atomic E-state index is -0.0865. The van der Waals surface area contributed by atoms with E-state index in [2.05, 4.69) is 0 Å². The highest BCUT2D eigenvalue weighted by Crippen LogP contribution is 2.12. The fraction of sp³-hybridized carbons (Fsp3) is 0. The molecule has 0 aliphatic rings. The van der Waals surface area contributed by atoms with Crippen molar-refractivity contribution in [3.8, 4) is 5.75 Å². The lowest BCUT2D eigenvalue weighted by atomic mass is 10.2. The van der Waals surface area contributed by atoms with Crippen LogP contribution < -0.4 is 5.43 Å². The summed E-state index contributed by atoms with van der Waals surface area (Å²) in [4.78, 5) is 11.0. The molecule has 3 heteroatoms. The summed E-state index contributed by atoms with van der Waals surface area (Å²) in [6.07, 6.45) is 4.87. The first-order valence-corrected chi connectivity index (χ1v) is 4.80. The molecule has 0 fully saturated rings. The normalized spacial score (nSPS) is 10.8. The van der Waals surface area contributed by atoms with Gasteiger partial charge in [0.05, 0.1) is 6.26 Å². The Kier molecular flexibility index (Phi) is 2.87. The summed E-state index contributed by atoms with van der Waals surface area (Å²) >= 11 is 0. The molecule has 0 unspecified atom stereocenters. The van der Waals surface area contributed by atoms with Gasteiger partial charge in [0.15, 0.2) is 5.43 Å². The Morgan fingerprint density at radius 3 is 2.50 bits per heavy atom. The van der Waals surface area contributed by atoms with Gasteiger partial charge in [0.2, 0.25) is 0 Å². The molecule has 0 spiro atoms. The van der Waals surface area contributed by atoms with Gasteiger partial charge in [-0.05, 0) is 23.8 Å². The van der Waals surface area contributed by atoms with E-state index in [1.54, 1.807) is 36.4 Å². The molecule has 0 saturated heterocycles. The van der Waals surface area contributed by atoms with Crippen LogP contribution in [0.25, 0.3) is 12.2 Å². The zero-order valence-corrected chi connectivity index (χ0v) is 8.46.